The van der Waals surface area contributed by atoms with Crippen molar-refractivity contribution < 1.29 is 19.2 Å². The van der Waals surface area contributed by atoms with Crippen LogP contribution in [0, 0.1) is 0 Å². The van der Waals surface area contributed by atoms with Crippen LogP contribution in [0.3, 0.4) is 0 Å². The number of hydrogen-bond donors (Lipinski definition) is 1. The van der Waals surface area contributed by atoms with Crippen LogP contribution in [0.15, 0.2) is 36.7 Å². The molecule has 1 saturated heterocycles. The number of benzene rings is 1. The maximum atomic E-state index is 10.9. The first-order valence-corrected chi connectivity index (χ1v) is 7.43. The van der Waals surface area contributed by atoms with Gasteiger partial charge in [0, 0.05) is 11.8 Å². The van der Waals surface area contributed by atoms with Crippen LogP contribution in [0.1, 0.15) is 27.7 Å². The van der Waals surface area contributed by atoms with Crippen molar-refractivity contribution in [3.63, 3.8) is 0 Å². The number of rotatable bonds is 2. The normalized spacial score (nSPS) is 19.0. The first-order valence-electron chi connectivity index (χ1n) is 7.43. The SMILES string of the molecule is CC1(C)OB(c2ccc(-c3cnn(C(=O)O)c3)cc2)OC1(C)C. The fourth-order valence-electron chi connectivity index (χ4n) is 2.39. The molecule has 0 radical (unpaired) electrons. The zero-order valence-corrected chi connectivity index (χ0v) is 13.6. The highest BCUT2D eigenvalue weighted by Crippen LogP contribution is 2.36. The second-order valence-electron chi connectivity index (χ2n) is 6.67. The van der Waals surface area contributed by atoms with Crippen LogP contribution in [0.4, 0.5) is 4.79 Å². The van der Waals surface area contributed by atoms with E-state index in [1.165, 1.54) is 12.4 Å². The molecule has 23 heavy (non-hydrogen) atoms. The molecule has 1 aromatic heterocycles. The Hall–Kier alpha value is -2.12. The van der Waals surface area contributed by atoms with Crippen molar-refractivity contribution in [2.24, 2.45) is 0 Å². The fourth-order valence-corrected chi connectivity index (χ4v) is 2.39. The van der Waals surface area contributed by atoms with Crippen molar-refractivity contribution in [1.82, 2.24) is 9.78 Å². The third kappa shape index (κ3) is 2.77. The minimum Gasteiger partial charge on any atom is -0.463 e. The Morgan fingerprint density at radius 1 is 1.09 bits per heavy atom. The molecule has 2 aromatic rings. The highest BCUT2D eigenvalue weighted by Gasteiger charge is 2.51. The molecule has 1 aromatic carbocycles. The van der Waals surface area contributed by atoms with Crippen LogP contribution in [0.5, 0.6) is 0 Å². The van der Waals surface area contributed by atoms with Crippen molar-refractivity contribution in [3.8, 4) is 11.1 Å². The average molecular weight is 314 g/mol. The molecule has 0 unspecified atom stereocenters. The van der Waals surface area contributed by atoms with Crippen LogP contribution < -0.4 is 5.46 Å². The van der Waals surface area contributed by atoms with E-state index < -0.39 is 13.2 Å². The number of carbonyl (C=O) groups is 1. The summed E-state index contributed by atoms with van der Waals surface area (Å²) in [5, 5.41) is 12.7. The lowest BCUT2D eigenvalue weighted by atomic mass is 9.78. The van der Waals surface area contributed by atoms with Crippen LogP contribution in [-0.4, -0.2) is 39.3 Å². The van der Waals surface area contributed by atoms with Gasteiger partial charge in [0.15, 0.2) is 0 Å². The Morgan fingerprint density at radius 3 is 2.13 bits per heavy atom. The average Bonchev–Trinajstić information content (AvgIpc) is 3.03. The van der Waals surface area contributed by atoms with Gasteiger partial charge in [0.2, 0.25) is 0 Å². The van der Waals surface area contributed by atoms with Crippen molar-refractivity contribution in [2.45, 2.75) is 38.9 Å². The summed E-state index contributed by atoms with van der Waals surface area (Å²) in [6.45, 7) is 8.06. The Balaban J connectivity index is 1.81. The van der Waals surface area contributed by atoms with E-state index in [4.69, 9.17) is 14.4 Å². The minimum atomic E-state index is -1.11. The first-order chi connectivity index (χ1) is 10.7. The van der Waals surface area contributed by atoms with E-state index in [9.17, 15) is 4.79 Å². The fraction of sp³-hybridized carbons (Fsp3) is 0.375. The molecule has 1 N–H and O–H groups in total. The quantitative estimate of drug-likeness (QED) is 0.862. The number of carboxylic acid groups (broad SMARTS) is 1. The van der Waals surface area contributed by atoms with E-state index in [-0.39, 0.29) is 11.2 Å². The standard InChI is InChI=1S/C16H19BN2O4/c1-15(2)16(3,4)23-17(22-15)13-7-5-11(6-8-13)12-9-18-19(10-12)14(20)21/h5-10H,1-4H3,(H,20,21). The van der Waals surface area contributed by atoms with Gasteiger partial charge in [-0.15, -0.1) is 0 Å². The lowest BCUT2D eigenvalue weighted by molar-refractivity contribution is 0.00578. The molecule has 120 valence electrons. The minimum absolute atomic E-state index is 0.376. The van der Waals surface area contributed by atoms with Crippen molar-refractivity contribution in [2.75, 3.05) is 0 Å². The summed E-state index contributed by atoms with van der Waals surface area (Å²) in [7, 11) is -0.407. The molecule has 0 aliphatic carbocycles. The van der Waals surface area contributed by atoms with Gasteiger partial charge in [-0.1, -0.05) is 24.3 Å². The molecule has 3 rings (SSSR count). The molecule has 0 amide bonds. The summed E-state index contributed by atoms with van der Waals surface area (Å²) in [5.41, 5.74) is 1.81. The third-order valence-corrected chi connectivity index (χ3v) is 4.55. The van der Waals surface area contributed by atoms with E-state index in [0.717, 1.165) is 21.3 Å². The topological polar surface area (TPSA) is 73.6 Å². The van der Waals surface area contributed by atoms with E-state index in [2.05, 4.69) is 5.10 Å². The maximum Gasteiger partial charge on any atom is 0.494 e. The molecule has 0 atom stereocenters. The second-order valence-corrected chi connectivity index (χ2v) is 6.67. The molecule has 1 aliphatic heterocycles. The Morgan fingerprint density at radius 2 is 1.65 bits per heavy atom. The zero-order chi connectivity index (χ0) is 16.8. The lowest BCUT2D eigenvalue weighted by Crippen LogP contribution is -2.41. The molecular weight excluding hydrogens is 295 g/mol. The van der Waals surface area contributed by atoms with Crippen LogP contribution in [0.2, 0.25) is 0 Å². The lowest BCUT2D eigenvalue weighted by Gasteiger charge is -2.32. The van der Waals surface area contributed by atoms with Gasteiger partial charge in [-0.3, -0.25) is 0 Å². The van der Waals surface area contributed by atoms with Gasteiger partial charge in [0.25, 0.3) is 0 Å². The van der Waals surface area contributed by atoms with E-state index in [1.54, 1.807) is 0 Å². The summed E-state index contributed by atoms with van der Waals surface area (Å²) in [6, 6.07) is 7.67. The first kappa shape index (κ1) is 15.8. The molecule has 0 saturated carbocycles. The van der Waals surface area contributed by atoms with Crippen LogP contribution >= 0.6 is 0 Å². The molecular formula is C16H19BN2O4. The predicted octanol–water partition coefficient (Wildman–Crippen LogP) is 2.38. The zero-order valence-electron chi connectivity index (χ0n) is 13.6. The highest BCUT2D eigenvalue weighted by atomic mass is 16.7. The van der Waals surface area contributed by atoms with Gasteiger partial charge in [-0.05, 0) is 38.7 Å². The largest absolute Gasteiger partial charge is 0.494 e. The molecule has 7 heteroatoms. The van der Waals surface area contributed by atoms with Crippen molar-refractivity contribution in [1.29, 1.82) is 0 Å². The molecule has 6 nitrogen and oxygen atoms in total. The monoisotopic (exact) mass is 314 g/mol. The third-order valence-electron chi connectivity index (χ3n) is 4.55. The molecule has 0 spiro atoms. The summed E-state index contributed by atoms with van der Waals surface area (Å²) < 4.78 is 12.9. The van der Waals surface area contributed by atoms with Gasteiger partial charge < -0.3 is 14.4 Å². The van der Waals surface area contributed by atoms with Crippen molar-refractivity contribution in [3.05, 3.63) is 36.7 Å². The van der Waals surface area contributed by atoms with Gasteiger partial charge in [-0.25, -0.2) is 4.79 Å². The van der Waals surface area contributed by atoms with Gasteiger partial charge in [0.05, 0.1) is 17.4 Å². The summed E-state index contributed by atoms with van der Waals surface area (Å²) in [6.07, 6.45) is 1.90. The molecule has 2 heterocycles. The van der Waals surface area contributed by atoms with E-state index in [1.807, 2.05) is 52.0 Å². The molecule has 0 bridgehead atoms. The van der Waals surface area contributed by atoms with Crippen LogP contribution in [-0.2, 0) is 9.31 Å². The number of nitrogens with zero attached hydrogens (tertiary/aromatic N) is 2. The highest BCUT2D eigenvalue weighted by molar-refractivity contribution is 6.62. The Labute approximate surface area is 135 Å². The number of hydrogen-bond acceptors (Lipinski definition) is 4. The van der Waals surface area contributed by atoms with E-state index in [0.29, 0.717) is 0 Å². The predicted molar refractivity (Wildman–Crippen MR) is 86.8 cm³/mol. The summed E-state index contributed by atoms with van der Waals surface area (Å²) in [4.78, 5) is 10.9. The van der Waals surface area contributed by atoms with Crippen molar-refractivity contribution >= 4 is 18.7 Å². The second kappa shape index (κ2) is 5.21. The number of aromatic nitrogens is 2. The smallest absolute Gasteiger partial charge is 0.463 e. The molecule has 1 fully saturated rings. The van der Waals surface area contributed by atoms with Gasteiger partial charge >= 0.3 is 13.2 Å². The summed E-state index contributed by atoms with van der Waals surface area (Å²) in [5.74, 6) is 0. The van der Waals surface area contributed by atoms with Crippen LogP contribution in [0.25, 0.3) is 11.1 Å². The van der Waals surface area contributed by atoms with E-state index >= 15 is 0 Å². The Bertz CT molecular complexity index is 721. The maximum absolute atomic E-state index is 10.9. The molecule has 1 aliphatic rings. The van der Waals surface area contributed by atoms with Gasteiger partial charge in [-0.2, -0.15) is 9.78 Å². The Kier molecular flexibility index (Phi) is 3.57. The van der Waals surface area contributed by atoms with Gasteiger partial charge in [0.1, 0.15) is 0 Å². The summed E-state index contributed by atoms with van der Waals surface area (Å²) >= 11 is 0.